The summed E-state index contributed by atoms with van der Waals surface area (Å²) in [6.07, 6.45) is 3.83. The fourth-order valence-corrected chi connectivity index (χ4v) is 2.07. The minimum absolute atomic E-state index is 0.0255. The number of esters is 1. The van der Waals surface area contributed by atoms with Gasteiger partial charge in [0.05, 0.1) is 6.61 Å². The first-order valence-electron chi connectivity index (χ1n) is 7.12. The molecule has 2 aromatic carbocycles. The highest BCUT2D eigenvalue weighted by Crippen LogP contribution is 2.17. The average Bonchev–Trinajstić information content (AvgIpc) is 2.77. The predicted octanol–water partition coefficient (Wildman–Crippen LogP) is 4.46. The van der Waals surface area contributed by atoms with Crippen LogP contribution in [0.3, 0.4) is 0 Å². The van der Waals surface area contributed by atoms with Crippen LogP contribution in [0, 0.1) is 0 Å². The summed E-state index contributed by atoms with van der Waals surface area (Å²) in [5.74, 6) is -0.0255. The van der Waals surface area contributed by atoms with Crippen LogP contribution in [-0.4, -0.2) is 12.6 Å². The Balaban J connectivity index is 0.000000160. The zero-order chi connectivity index (χ0) is 14.0. The molecule has 1 aliphatic rings. The molecule has 0 unspecified atom stereocenters. The van der Waals surface area contributed by atoms with Crippen molar-refractivity contribution in [2.45, 2.75) is 25.7 Å². The zero-order valence-electron chi connectivity index (χ0n) is 11.6. The molecule has 3 rings (SSSR count). The Bertz CT molecular complexity index is 458. The Morgan fingerprint density at radius 3 is 1.80 bits per heavy atom. The van der Waals surface area contributed by atoms with Gasteiger partial charge < -0.3 is 4.74 Å². The number of rotatable bonds is 1. The third-order valence-corrected chi connectivity index (χ3v) is 3.17. The fourth-order valence-electron chi connectivity index (χ4n) is 2.07. The highest BCUT2D eigenvalue weighted by molar-refractivity contribution is 5.69. The Labute approximate surface area is 120 Å². The number of carbonyl (C=O) groups excluding carboxylic acids is 1. The molecule has 2 heteroatoms. The van der Waals surface area contributed by atoms with Crippen LogP contribution in [0.4, 0.5) is 0 Å². The maximum atomic E-state index is 10.5. The lowest BCUT2D eigenvalue weighted by Crippen LogP contribution is -2.00. The van der Waals surface area contributed by atoms with Gasteiger partial charge in [-0.2, -0.15) is 0 Å². The standard InChI is InChI=1S/C12H10.C6H10O2/c1-3-7-11(8-4-1)12-9-5-2-6-10-12;7-6-4-2-1-3-5-8-6/h1-10H;1-5H2. The van der Waals surface area contributed by atoms with Crippen molar-refractivity contribution < 1.29 is 9.53 Å². The SMILES string of the molecule is O=C1CCCCCO1.c1ccc(-c2ccccc2)cc1. The van der Waals surface area contributed by atoms with Crippen LogP contribution in [0.15, 0.2) is 60.7 Å². The van der Waals surface area contributed by atoms with Gasteiger partial charge in [0.25, 0.3) is 0 Å². The lowest BCUT2D eigenvalue weighted by atomic mass is 10.1. The van der Waals surface area contributed by atoms with E-state index >= 15 is 0 Å². The first-order chi connectivity index (χ1) is 9.86. The summed E-state index contributed by atoms with van der Waals surface area (Å²) in [4.78, 5) is 10.5. The second kappa shape index (κ2) is 8.16. The second-order valence-corrected chi connectivity index (χ2v) is 4.76. The van der Waals surface area contributed by atoms with Gasteiger partial charge in [0.2, 0.25) is 0 Å². The van der Waals surface area contributed by atoms with Crippen LogP contribution in [0.2, 0.25) is 0 Å². The van der Waals surface area contributed by atoms with Crippen molar-refractivity contribution >= 4 is 5.97 Å². The third-order valence-electron chi connectivity index (χ3n) is 3.17. The van der Waals surface area contributed by atoms with Gasteiger partial charge in [0, 0.05) is 6.42 Å². The van der Waals surface area contributed by atoms with Crippen molar-refractivity contribution in [3.8, 4) is 11.1 Å². The van der Waals surface area contributed by atoms with Gasteiger partial charge in [-0.3, -0.25) is 4.79 Å². The van der Waals surface area contributed by atoms with Gasteiger partial charge in [0.1, 0.15) is 0 Å². The van der Waals surface area contributed by atoms with Crippen LogP contribution in [0.5, 0.6) is 0 Å². The van der Waals surface area contributed by atoms with E-state index in [1.54, 1.807) is 0 Å². The van der Waals surface area contributed by atoms with Crippen LogP contribution in [0.1, 0.15) is 25.7 Å². The smallest absolute Gasteiger partial charge is 0.305 e. The molecule has 1 aliphatic heterocycles. The minimum atomic E-state index is -0.0255. The van der Waals surface area contributed by atoms with Crippen molar-refractivity contribution in [2.24, 2.45) is 0 Å². The van der Waals surface area contributed by atoms with Crippen molar-refractivity contribution in [3.63, 3.8) is 0 Å². The topological polar surface area (TPSA) is 26.3 Å². The molecule has 0 aliphatic carbocycles. The summed E-state index contributed by atoms with van der Waals surface area (Å²) in [6.45, 7) is 0.638. The molecule has 0 N–H and O–H groups in total. The third kappa shape index (κ3) is 4.88. The largest absolute Gasteiger partial charge is 0.466 e. The van der Waals surface area contributed by atoms with Gasteiger partial charge in [-0.25, -0.2) is 0 Å². The van der Waals surface area contributed by atoms with Crippen molar-refractivity contribution in [1.29, 1.82) is 0 Å². The minimum Gasteiger partial charge on any atom is -0.466 e. The monoisotopic (exact) mass is 268 g/mol. The summed E-state index contributed by atoms with van der Waals surface area (Å²) >= 11 is 0. The van der Waals surface area contributed by atoms with Gasteiger partial charge >= 0.3 is 5.97 Å². The van der Waals surface area contributed by atoms with Crippen molar-refractivity contribution in [3.05, 3.63) is 60.7 Å². The van der Waals surface area contributed by atoms with Crippen LogP contribution >= 0.6 is 0 Å². The molecule has 1 heterocycles. The van der Waals surface area contributed by atoms with E-state index in [0.717, 1.165) is 19.3 Å². The van der Waals surface area contributed by atoms with E-state index in [2.05, 4.69) is 48.5 Å². The molecule has 2 nitrogen and oxygen atoms in total. The molecule has 0 amide bonds. The molecule has 0 radical (unpaired) electrons. The first-order valence-corrected chi connectivity index (χ1v) is 7.12. The van der Waals surface area contributed by atoms with Crippen LogP contribution in [-0.2, 0) is 9.53 Å². The highest BCUT2D eigenvalue weighted by Gasteiger charge is 2.05. The van der Waals surface area contributed by atoms with E-state index < -0.39 is 0 Å². The van der Waals surface area contributed by atoms with E-state index in [0.29, 0.717) is 13.0 Å². The molecule has 0 atom stereocenters. The van der Waals surface area contributed by atoms with Gasteiger partial charge in [-0.05, 0) is 30.4 Å². The molecule has 20 heavy (non-hydrogen) atoms. The number of cyclic esters (lactones) is 1. The molecular weight excluding hydrogens is 248 g/mol. The fraction of sp³-hybridized carbons (Fsp3) is 0.278. The summed E-state index contributed by atoms with van der Waals surface area (Å²) in [5, 5.41) is 0. The zero-order valence-corrected chi connectivity index (χ0v) is 11.6. The molecule has 0 aromatic heterocycles. The number of benzene rings is 2. The molecule has 0 bridgehead atoms. The second-order valence-electron chi connectivity index (χ2n) is 4.76. The van der Waals surface area contributed by atoms with E-state index in [1.807, 2.05) is 12.1 Å². The Kier molecular flexibility index (Phi) is 5.84. The predicted molar refractivity (Wildman–Crippen MR) is 81.3 cm³/mol. The Morgan fingerprint density at radius 2 is 1.25 bits per heavy atom. The summed E-state index contributed by atoms with van der Waals surface area (Å²) in [7, 11) is 0. The van der Waals surface area contributed by atoms with Gasteiger partial charge in [-0.15, -0.1) is 0 Å². The molecular formula is C18H20O2. The highest BCUT2D eigenvalue weighted by atomic mass is 16.5. The maximum Gasteiger partial charge on any atom is 0.305 e. The number of ether oxygens (including phenoxy) is 1. The number of carbonyl (C=O) groups is 1. The summed E-state index contributed by atoms with van der Waals surface area (Å²) in [5.41, 5.74) is 2.55. The number of hydrogen-bond acceptors (Lipinski definition) is 2. The van der Waals surface area contributed by atoms with E-state index in [1.165, 1.54) is 11.1 Å². The summed E-state index contributed by atoms with van der Waals surface area (Å²) < 4.78 is 4.76. The van der Waals surface area contributed by atoms with E-state index in [9.17, 15) is 4.79 Å². The quantitative estimate of drug-likeness (QED) is 0.714. The number of hydrogen-bond donors (Lipinski definition) is 0. The molecule has 104 valence electrons. The molecule has 0 spiro atoms. The Hall–Kier alpha value is -2.09. The normalized spacial score (nSPS) is 14.5. The average molecular weight is 268 g/mol. The Morgan fingerprint density at radius 1 is 0.700 bits per heavy atom. The summed E-state index contributed by atoms with van der Waals surface area (Å²) in [6, 6.07) is 20.8. The van der Waals surface area contributed by atoms with Crippen molar-refractivity contribution in [2.75, 3.05) is 6.61 Å². The van der Waals surface area contributed by atoms with Crippen molar-refractivity contribution in [1.82, 2.24) is 0 Å². The van der Waals surface area contributed by atoms with Gasteiger partial charge in [-0.1, -0.05) is 60.7 Å². The molecule has 2 aromatic rings. The molecule has 1 saturated heterocycles. The lowest BCUT2D eigenvalue weighted by molar-refractivity contribution is -0.142. The first kappa shape index (κ1) is 14.3. The maximum absolute atomic E-state index is 10.5. The van der Waals surface area contributed by atoms with Crippen LogP contribution in [0.25, 0.3) is 11.1 Å². The van der Waals surface area contributed by atoms with E-state index in [-0.39, 0.29) is 5.97 Å². The molecule has 1 fully saturated rings. The van der Waals surface area contributed by atoms with Crippen LogP contribution < -0.4 is 0 Å². The molecule has 0 saturated carbocycles. The van der Waals surface area contributed by atoms with Gasteiger partial charge in [0.15, 0.2) is 0 Å². The lowest BCUT2D eigenvalue weighted by Gasteiger charge is -1.98. The van der Waals surface area contributed by atoms with E-state index in [4.69, 9.17) is 4.74 Å².